The minimum absolute atomic E-state index is 0.339. The molecule has 1 unspecified atom stereocenters. The number of hydrogen-bond donors (Lipinski definition) is 1. The molecular formula is C20H29N3O. The molecule has 0 aromatic heterocycles. The molecule has 1 aliphatic heterocycles. The van der Waals surface area contributed by atoms with Crippen LogP contribution in [0, 0.1) is 0 Å². The Hall–Kier alpha value is -1.39. The maximum atomic E-state index is 12.5. The van der Waals surface area contributed by atoms with Crippen LogP contribution in [0.2, 0.25) is 0 Å². The quantitative estimate of drug-likeness (QED) is 0.902. The first-order valence-electron chi connectivity index (χ1n) is 9.65. The van der Waals surface area contributed by atoms with Gasteiger partial charge in [-0.3, -0.25) is 9.69 Å². The second kappa shape index (κ2) is 7.24. The van der Waals surface area contributed by atoms with E-state index in [0.29, 0.717) is 24.4 Å². The molecule has 1 amide bonds. The molecule has 130 valence electrons. The lowest BCUT2D eigenvalue weighted by molar-refractivity contribution is -0.132. The number of carbonyl (C=O) groups is 1. The van der Waals surface area contributed by atoms with Crippen LogP contribution in [0.3, 0.4) is 0 Å². The van der Waals surface area contributed by atoms with E-state index < -0.39 is 0 Å². The van der Waals surface area contributed by atoms with Gasteiger partial charge in [0.25, 0.3) is 0 Å². The van der Waals surface area contributed by atoms with Crippen molar-refractivity contribution in [2.24, 2.45) is 0 Å². The highest BCUT2D eigenvalue weighted by molar-refractivity contribution is 5.76. The van der Waals surface area contributed by atoms with Gasteiger partial charge in [0.1, 0.15) is 0 Å². The molecular weight excluding hydrogens is 298 g/mol. The van der Waals surface area contributed by atoms with Crippen molar-refractivity contribution in [2.45, 2.75) is 50.6 Å². The number of benzene rings is 1. The number of amides is 1. The molecule has 2 aliphatic carbocycles. The molecule has 0 spiro atoms. The summed E-state index contributed by atoms with van der Waals surface area (Å²) in [5.74, 6) is 0.339. The van der Waals surface area contributed by atoms with Gasteiger partial charge in [-0.15, -0.1) is 0 Å². The zero-order valence-electron chi connectivity index (χ0n) is 14.5. The molecule has 4 heteroatoms. The van der Waals surface area contributed by atoms with Gasteiger partial charge in [0.05, 0.1) is 0 Å². The summed E-state index contributed by atoms with van der Waals surface area (Å²) < 4.78 is 0. The Morgan fingerprint density at radius 2 is 1.96 bits per heavy atom. The number of piperazine rings is 1. The molecule has 1 N–H and O–H groups in total. The van der Waals surface area contributed by atoms with Crippen molar-refractivity contribution in [1.82, 2.24) is 15.1 Å². The molecule has 1 atom stereocenters. The summed E-state index contributed by atoms with van der Waals surface area (Å²) in [6, 6.07) is 10.2. The first-order chi connectivity index (χ1) is 11.8. The number of carbonyl (C=O) groups excluding carboxylic acids is 1. The fourth-order valence-electron chi connectivity index (χ4n) is 4.37. The van der Waals surface area contributed by atoms with E-state index in [1.807, 2.05) is 4.90 Å². The summed E-state index contributed by atoms with van der Waals surface area (Å²) in [5.41, 5.74) is 3.04. The van der Waals surface area contributed by atoms with Gasteiger partial charge < -0.3 is 10.2 Å². The van der Waals surface area contributed by atoms with Gasteiger partial charge in [0.2, 0.25) is 5.91 Å². The molecule has 3 aliphatic rings. The monoisotopic (exact) mass is 327 g/mol. The predicted molar refractivity (Wildman–Crippen MR) is 95.9 cm³/mol. The summed E-state index contributed by atoms with van der Waals surface area (Å²) >= 11 is 0. The highest BCUT2D eigenvalue weighted by atomic mass is 16.2. The maximum absolute atomic E-state index is 12.5. The smallest absolute Gasteiger partial charge is 0.223 e. The van der Waals surface area contributed by atoms with Crippen molar-refractivity contribution < 1.29 is 4.79 Å². The molecule has 1 aromatic rings. The fraction of sp³-hybridized carbons (Fsp3) is 0.650. The van der Waals surface area contributed by atoms with Crippen molar-refractivity contribution >= 4 is 5.91 Å². The second-order valence-electron chi connectivity index (χ2n) is 7.46. The van der Waals surface area contributed by atoms with Crippen molar-refractivity contribution in [3.05, 3.63) is 35.4 Å². The van der Waals surface area contributed by atoms with E-state index in [-0.39, 0.29) is 0 Å². The maximum Gasteiger partial charge on any atom is 0.223 e. The Bertz CT molecular complexity index is 578. The summed E-state index contributed by atoms with van der Waals surface area (Å²) in [6.07, 6.45) is 7.02. The normalized spacial score (nSPS) is 24.0. The zero-order valence-corrected chi connectivity index (χ0v) is 14.5. The number of aryl methyl sites for hydroxylation is 1. The lowest BCUT2D eigenvalue weighted by Gasteiger charge is -2.36. The highest BCUT2D eigenvalue weighted by Crippen LogP contribution is 2.40. The molecule has 4 nitrogen and oxygen atoms in total. The van der Waals surface area contributed by atoms with E-state index in [0.717, 1.165) is 32.7 Å². The van der Waals surface area contributed by atoms with E-state index in [2.05, 4.69) is 34.5 Å². The molecule has 0 radical (unpaired) electrons. The predicted octanol–water partition coefficient (Wildman–Crippen LogP) is 2.35. The Labute approximate surface area is 145 Å². The largest absolute Gasteiger partial charge is 0.340 e. The summed E-state index contributed by atoms with van der Waals surface area (Å²) in [5, 5.41) is 3.32. The molecule has 1 heterocycles. The van der Waals surface area contributed by atoms with Crippen LogP contribution in [-0.4, -0.2) is 54.5 Å². The third-order valence-electron chi connectivity index (χ3n) is 5.81. The van der Waals surface area contributed by atoms with Gasteiger partial charge in [-0.2, -0.15) is 0 Å². The van der Waals surface area contributed by atoms with Gasteiger partial charge in [0, 0.05) is 51.2 Å². The lowest BCUT2D eigenvalue weighted by Crippen LogP contribution is -2.47. The molecule has 1 aromatic carbocycles. The van der Waals surface area contributed by atoms with Crippen LogP contribution in [0.15, 0.2) is 24.3 Å². The lowest BCUT2D eigenvalue weighted by atomic mass is 9.86. The number of rotatable bonds is 5. The molecule has 2 fully saturated rings. The Kier molecular flexibility index (Phi) is 4.86. The van der Waals surface area contributed by atoms with E-state index in [1.54, 1.807) is 0 Å². The highest BCUT2D eigenvalue weighted by Gasteiger charge is 2.36. The van der Waals surface area contributed by atoms with E-state index in [4.69, 9.17) is 0 Å². The van der Waals surface area contributed by atoms with Crippen LogP contribution in [0.4, 0.5) is 0 Å². The molecule has 24 heavy (non-hydrogen) atoms. The standard InChI is InChI=1S/C20H29N3O/c24-20(22-14-11-21-12-15-22)10-13-23(17-8-9-17)19-7-3-5-16-4-1-2-6-18(16)19/h1-2,4,6,17,19,21H,3,5,7-15H2. The van der Waals surface area contributed by atoms with Crippen LogP contribution in [0.25, 0.3) is 0 Å². The Morgan fingerprint density at radius 3 is 2.75 bits per heavy atom. The fourth-order valence-corrected chi connectivity index (χ4v) is 4.37. The second-order valence-corrected chi connectivity index (χ2v) is 7.46. The van der Waals surface area contributed by atoms with Crippen LogP contribution >= 0.6 is 0 Å². The van der Waals surface area contributed by atoms with Gasteiger partial charge in [-0.25, -0.2) is 0 Å². The average molecular weight is 327 g/mol. The number of nitrogens with one attached hydrogen (secondary N) is 1. The Balaban J connectivity index is 1.43. The summed E-state index contributed by atoms with van der Waals surface area (Å²) in [7, 11) is 0. The minimum Gasteiger partial charge on any atom is -0.340 e. The SMILES string of the molecule is O=C(CCN(C1CC1)C1CCCc2ccccc21)N1CCNCC1. The molecule has 4 rings (SSSR count). The van der Waals surface area contributed by atoms with E-state index in [1.165, 1.54) is 43.2 Å². The van der Waals surface area contributed by atoms with Crippen LogP contribution in [0.5, 0.6) is 0 Å². The van der Waals surface area contributed by atoms with Crippen LogP contribution < -0.4 is 5.32 Å². The van der Waals surface area contributed by atoms with E-state index >= 15 is 0 Å². The van der Waals surface area contributed by atoms with E-state index in [9.17, 15) is 4.79 Å². The summed E-state index contributed by atoms with van der Waals surface area (Å²) in [4.78, 5) is 17.2. The first-order valence-corrected chi connectivity index (χ1v) is 9.65. The number of hydrogen-bond acceptors (Lipinski definition) is 3. The van der Waals surface area contributed by atoms with Crippen molar-refractivity contribution in [1.29, 1.82) is 0 Å². The first kappa shape index (κ1) is 16.1. The van der Waals surface area contributed by atoms with Gasteiger partial charge in [-0.05, 0) is 43.2 Å². The van der Waals surface area contributed by atoms with Gasteiger partial charge in [0.15, 0.2) is 0 Å². The topological polar surface area (TPSA) is 35.6 Å². The van der Waals surface area contributed by atoms with Crippen molar-refractivity contribution in [3.8, 4) is 0 Å². The van der Waals surface area contributed by atoms with Crippen LogP contribution in [-0.2, 0) is 11.2 Å². The van der Waals surface area contributed by atoms with Crippen molar-refractivity contribution in [2.75, 3.05) is 32.7 Å². The molecule has 1 saturated carbocycles. The van der Waals surface area contributed by atoms with Crippen LogP contribution in [0.1, 0.15) is 49.3 Å². The Morgan fingerprint density at radius 1 is 1.17 bits per heavy atom. The molecule has 0 bridgehead atoms. The number of fused-ring (bicyclic) bond motifs is 1. The minimum atomic E-state index is 0.339. The third-order valence-corrected chi connectivity index (χ3v) is 5.81. The summed E-state index contributed by atoms with van der Waals surface area (Å²) in [6.45, 7) is 4.54. The van der Waals surface area contributed by atoms with Gasteiger partial charge >= 0.3 is 0 Å². The number of nitrogens with zero attached hydrogens (tertiary/aromatic N) is 2. The van der Waals surface area contributed by atoms with Crippen molar-refractivity contribution in [3.63, 3.8) is 0 Å². The van der Waals surface area contributed by atoms with Gasteiger partial charge in [-0.1, -0.05) is 24.3 Å². The zero-order chi connectivity index (χ0) is 16.4. The molecule has 1 saturated heterocycles. The third kappa shape index (κ3) is 3.50. The average Bonchev–Trinajstić information content (AvgIpc) is 3.48.